The molecule has 5 nitrogen and oxygen atoms in total. The molecule has 0 atom stereocenters. The highest BCUT2D eigenvalue weighted by molar-refractivity contribution is 5.94. The van der Waals surface area contributed by atoms with Gasteiger partial charge < -0.3 is 10.4 Å². The lowest BCUT2D eigenvalue weighted by Crippen LogP contribution is -2.22. The molecule has 0 radical (unpaired) electrons. The van der Waals surface area contributed by atoms with Crippen molar-refractivity contribution in [2.45, 2.75) is 13.5 Å². The van der Waals surface area contributed by atoms with E-state index in [9.17, 15) is 14.0 Å². The molecule has 6 heteroatoms. The van der Waals surface area contributed by atoms with Gasteiger partial charge in [-0.1, -0.05) is 42.5 Å². The average molecular weight is 406 g/mol. The smallest absolute Gasteiger partial charge is 0.251 e. The zero-order valence-corrected chi connectivity index (χ0v) is 16.8. The second-order valence-corrected chi connectivity index (χ2v) is 6.05. The fourth-order valence-corrected chi connectivity index (χ4v) is 2.76. The molecule has 1 amide bonds. The summed E-state index contributed by atoms with van der Waals surface area (Å²) in [4.78, 5) is 22.9. The number of hydrogen-bond acceptors (Lipinski definition) is 4. The number of aliphatic hydroxyl groups is 1. The van der Waals surface area contributed by atoms with Gasteiger partial charge in [0.15, 0.2) is 6.29 Å². The largest absolute Gasteiger partial charge is 0.400 e. The molecule has 0 aliphatic carbocycles. The number of rotatable bonds is 5. The van der Waals surface area contributed by atoms with E-state index >= 15 is 0 Å². The van der Waals surface area contributed by atoms with E-state index in [0.29, 0.717) is 17.4 Å². The van der Waals surface area contributed by atoms with E-state index in [4.69, 9.17) is 10.4 Å². The normalized spacial score (nSPS) is 9.27. The minimum Gasteiger partial charge on any atom is -0.400 e. The fraction of sp³-hybridized carbons (Fsp3) is 0.125. The topological polar surface area (TPSA) is 90.2 Å². The molecule has 0 aliphatic rings. The van der Waals surface area contributed by atoms with E-state index in [1.165, 1.54) is 17.7 Å². The Bertz CT molecular complexity index is 999. The number of amides is 1. The average Bonchev–Trinajstić information content (AvgIpc) is 2.81. The Morgan fingerprint density at radius 1 is 1.07 bits per heavy atom. The van der Waals surface area contributed by atoms with Crippen molar-refractivity contribution < 1.29 is 19.1 Å². The molecule has 0 bridgehead atoms. The van der Waals surface area contributed by atoms with Crippen molar-refractivity contribution in [1.82, 2.24) is 5.32 Å². The number of aliphatic hydroxyl groups excluding tert-OH is 1. The molecular formula is C24H23FN2O3. The van der Waals surface area contributed by atoms with Crippen LogP contribution in [0.1, 0.15) is 31.8 Å². The first kappa shape index (κ1) is 24.2. The van der Waals surface area contributed by atoms with E-state index < -0.39 is 5.82 Å². The summed E-state index contributed by atoms with van der Waals surface area (Å²) in [5.41, 5.74) is 4.49. The molecule has 154 valence electrons. The number of aryl methyl sites for hydroxylation is 1. The molecule has 0 heterocycles. The van der Waals surface area contributed by atoms with Crippen LogP contribution in [0.4, 0.5) is 4.39 Å². The Morgan fingerprint density at radius 2 is 1.70 bits per heavy atom. The molecule has 0 unspecified atom stereocenters. The SMILES string of the molecule is C#N.CO.Cc1ccccc1-c1ccc(C(=O)NCc2ccc(C=O)c(F)c2)cc1. The zero-order chi connectivity index (χ0) is 22.5. The highest BCUT2D eigenvalue weighted by Crippen LogP contribution is 2.23. The Labute approximate surface area is 175 Å². The Kier molecular flexibility index (Phi) is 10.2. The Hall–Kier alpha value is -3.82. The number of halogens is 1. The van der Waals surface area contributed by atoms with Crippen LogP contribution in [0.2, 0.25) is 0 Å². The molecule has 0 aromatic heterocycles. The summed E-state index contributed by atoms with van der Waals surface area (Å²) in [6, 6.07) is 19.7. The predicted molar refractivity (Wildman–Crippen MR) is 114 cm³/mol. The van der Waals surface area contributed by atoms with Crippen LogP contribution in [0.5, 0.6) is 0 Å². The molecule has 3 aromatic carbocycles. The van der Waals surface area contributed by atoms with Gasteiger partial charge >= 0.3 is 0 Å². The second kappa shape index (κ2) is 12.6. The van der Waals surface area contributed by atoms with Gasteiger partial charge in [-0.2, -0.15) is 0 Å². The fourth-order valence-electron chi connectivity index (χ4n) is 2.76. The van der Waals surface area contributed by atoms with Crippen molar-refractivity contribution >= 4 is 12.2 Å². The summed E-state index contributed by atoms with van der Waals surface area (Å²) < 4.78 is 13.6. The van der Waals surface area contributed by atoms with Crippen LogP contribution < -0.4 is 5.32 Å². The number of nitrogens with zero attached hydrogens (tertiary/aromatic N) is 1. The monoisotopic (exact) mass is 406 g/mol. The number of benzene rings is 3. The van der Waals surface area contributed by atoms with Crippen molar-refractivity contribution in [2.24, 2.45) is 0 Å². The summed E-state index contributed by atoms with van der Waals surface area (Å²) in [7, 11) is 1.00. The third kappa shape index (κ3) is 6.36. The molecule has 3 rings (SSSR count). The van der Waals surface area contributed by atoms with E-state index in [1.54, 1.807) is 18.2 Å². The first-order chi connectivity index (χ1) is 14.6. The second-order valence-electron chi connectivity index (χ2n) is 6.05. The van der Waals surface area contributed by atoms with Gasteiger partial charge in [0, 0.05) is 25.8 Å². The standard InChI is InChI=1S/C22H18FNO2.CHN.CH4O/c1-15-4-2-3-5-20(15)17-8-10-18(11-9-17)22(26)24-13-16-6-7-19(14-25)21(23)12-16;2*1-2/h2-12,14H,13H2,1H3,(H,24,26);1H;2H,1H3. The third-order valence-electron chi connectivity index (χ3n) is 4.25. The zero-order valence-electron chi connectivity index (χ0n) is 16.8. The van der Waals surface area contributed by atoms with E-state index in [1.807, 2.05) is 43.3 Å². The molecule has 0 aliphatic heterocycles. The van der Waals surface area contributed by atoms with Crippen LogP contribution in [-0.2, 0) is 6.54 Å². The summed E-state index contributed by atoms with van der Waals surface area (Å²) in [5.74, 6) is -0.824. The number of carbonyl (C=O) groups excluding carboxylic acids is 2. The lowest BCUT2D eigenvalue weighted by molar-refractivity contribution is 0.0950. The number of hydrogen-bond donors (Lipinski definition) is 2. The molecule has 0 saturated carbocycles. The van der Waals surface area contributed by atoms with Crippen molar-refractivity contribution in [3.05, 3.63) is 94.8 Å². The maximum atomic E-state index is 13.6. The number of nitriles is 1. The van der Waals surface area contributed by atoms with Crippen molar-refractivity contribution in [3.63, 3.8) is 0 Å². The summed E-state index contributed by atoms with van der Waals surface area (Å²) in [6.07, 6.45) is 0.466. The lowest BCUT2D eigenvalue weighted by atomic mass is 9.99. The lowest BCUT2D eigenvalue weighted by Gasteiger charge is -2.08. The molecular weight excluding hydrogens is 383 g/mol. The van der Waals surface area contributed by atoms with E-state index in [-0.39, 0.29) is 18.0 Å². The minimum absolute atomic E-state index is 0.00636. The van der Waals surface area contributed by atoms with Gasteiger partial charge in [0.2, 0.25) is 0 Å². The first-order valence-electron chi connectivity index (χ1n) is 8.97. The van der Waals surface area contributed by atoms with Gasteiger partial charge in [-0.25, -0.2) is 9.65 Å². The highest BCUT2D eigenvalue weighted by Gasteiger charge is 2.08. The van der Waals surface area contributed by atoms with Crippen LogP contribution in [0.25, 0.3) is 11.1 Å². The first-order valence-corrected chi connectivity index (χ1v) is 8.97. The van der Waals surface area contributed by atoms with Crippen LogP contribution in [0.15, 0.2) is 66.7 Å². The van der Waals surface area contributed by atoms with Gasteiger partial charge in [-0.15, -0.1) is 0 Å². The third-order valence-corrected chi connectivity index (χ3v) is 4.25. The molecule has 30 heavy (non-hydrogen) atoms. The number of carbonyl (C=O) groups is 2. The van der Waals surface area contributed by atoms with Gasteiger partial charge in [-0.3, -0.25) is 9.59 Å². The van der Waals surface area contributed by atoms with Gasteiger partial charge in [-0.05, 0) is 53.4 Å². The summed E-state index contributed by atoms with van der Waals surface area (Å²) in [6.45, 7) is 5.74. The van der Waals surface area contributed by atoms with Gasteiger partial charge in [0.25, 0.3) is 5.91 Å². The molecule has 2 N–H and O–H groups in total. The predicted octanol–water partition coefficient (Wildman–Crippen LogP) is 4.29. The summed E-state index contributed by atoms with van der Waals surface area (Å²) in [5, 5.41) is 16.3. The van der Waals surface area contributed by atoms with E-state index in [2.05, 4.69) is 11.9 Å². The van der Waals surface area contributed by atoms with Crippen LogP contribution in [-0.4, -0.2) is 24.4 Å². The minimum atomic E-state index is -0.589. The molecule has 0 fully saturated rings. The van der Waals surface area contributed by atoms with Crippen molar-refractivity contribution in [2.75, 3.05) is 7.11 Å². The van der Waals surface area contributed by atoms with Crippen LogP contribution >= 0.6 is 0 Å². The van der Waals surface area contributed by atoms with Crippen LogP contribution in [0.3, 0.4) is 0 Å². The maximum Gasteiger partial charge on any atom is 0.251 e. The molecule has 3 aromatic rings. The van der Waals surface area contributed by atoms with Gasteiger partial charge in [0.1, 0.15) is 5.82 Å². The highest BCUT2D eigenvalue weighted by atomic mass is 19.1. The van der Waals surface area contributed by atoms with Crippen molar-refractivity contribution in [1.29, 1.82) is 5.26 Å². The summed E-state index contributed by atoms with van der Waals surface area (Å²) >= 11 is 0. The molecule has 0 saturated heterocycles. The van der Waals surface area contributed by atoms with Crippen LogP contribution in [0, 0.1) is 24.6 Å². The molecule has 0 spiro atoms. The Morgan fingerprint density at radius 3 is 2.27 bits per heavy atom. The number of aldehydes is 1. The van der Waals surface area contributed by atoms with E-state index in [0.717, 1.165) is 18.2 Å². The quantitative estimate of drug-likeness (QED) is 0.619. The maximum absolute atomic E-state index is 13.6. The number of nitrogens with one attached hydrogen (secondary N) is 1. The van der Waals surface area contributed by atoms with Gasteiger partial charge in [0.05, 0.1) is 5.56 Å². The Balaban J connectivity index is 0.00000106. The van der Waals surface area contributed by atoms with Crippen molar-refractivity contribution in [3.8, 4) is 17.7 Å².